The number of ether oxygens (including phenoxy) is 1. The fourth-order valence-electron chi connectivity index (χ4n) is 4.72. The summed E-state index contributed by atoms with van der Waals surface area (Å²) >= 11 is 12.6. The number of carboxylic acids is 1. The average Bonchev–Trinajstić information content (AvgIpc) is 3.24. The molecule has 0 radical (unpaired) electrons. The largest absolute Gasteiger partial charge is 0.479 e. The number of aryl methyl sites for hydroxylation is 1. The van der Waals surface area contributed by atoms with Gasteiger partial charge in [0.2, 0.25) is 5.91 Å². The maximum Gasteiger partial charge on any atom is 0.408 e. The van der Waals surface area contributed by atoms with Gasteiger partial charge in [0.1, 0.15) is 18.2 Å². The number of nitrogens with one attached hydrogen (secondary N) is 3. The third-order valence-corrected chi connectivity index (χ3v) is 7.57. The summed E-state index contributed by atoms with van der Waals surface area (Å²) in [5.74, 6) is -1.99. The number of aromatic nitrogens is 1. The van der Waals surface area contributed by atoms with Gasteiger partial charge in [0.25, 0.3) is 0 Å². The number of fused-ring (bicyclic) bond motifs is 3. The van der Waals surface area contributed by atoms with E-state index in [1.54, 1.807) is 12.1 Å². The van der Waals surface area contributed by atoms with E-state index in [-0.39, 0.29) is 25.4 Å². The van der Waals surface area contributed by atoms with Gasteiger partial charge in [-0.05, 0) is 42.0 Å². The number of carbonyl (C=O) groups is 3. The van der Waals surface area contributed by atoms with Crippen molar-refractivity contribution >= 4 is 52.1 Å². The molecule has 8 nitrogen and oxygen atoms in total. The molecule has 3 atom stereocenters. The molecule has 196 valence electrons. The van der Waals surface area contributed by atoms with Crippen LogP contribution in [-0.4, -0.2) is 39.6 Å². The Bertz CT molecular complexity index is 1330. The Morgan fingerprint density at radius 2 is 1.92 bits per heavy atom. The predicted octanol–water partition coefficient (Wildman–Crippen LogP) is 5.24. The Hall–Kier alpha value is -3.23. The second-order valence-electron chi connectivity index (χ2n) is 9.51. The molecule has 0 aliphatic heterocycles. The van der Waals surface area contributed by atoms with Gasteiger partial charge in [-0.3, -0.25) is 4.79 Å². The van der Waals surface area contributed by atoms with E-state index in [4.69, 9.17) is 27.9 Å². The molecule has 2 amide bonds. The number of amides is 2. The molecule has 1 aliphatic rings. The van der Waals surface area contributed by atoms with Crippen LogP contribution in [0.15, 0.2) is 42.5 Å². The van der Waals surface area contributed by atoms with Gasteiger partial charge in [-0.1, -0.05) is 73.8 Å². The number of halogens is 2. The first-order chi connectivity index (χ1) is 17.6. The fourth-order valence-corrected chi connectivity index (χ4v) is 5.26. The zero-order valence-electron chi connectivity index (χ0n) is 20.6. The Morgan fingerprint density at radius 1 is 1.19 bits per heavy atom. The van der Waals surface area contributed by atoms with E-state index in [2.05, 4.69) is 15.6 Å². The quantitative estimate of drug-likeness (QED) is 0.308. The first-order valence-electron chi connectivity index (χ1n) is 12.1. The SMILES string of the molecule is CC[C@H](C)[C@H](NC(=O)OCc1ccccc1)C(=O)N[C@]1(C(=O)O)CCc2[nH]c3c(Cl)cc(Cl)cc3c2C1. The number of benzene rings is 2. The summed E-state index contributed by atoms with van der Waals surface area (Å²) < 4.78 is 5.30. The second kappa shape index (κ2) is 11.0. The first kappa shape index (κ1) is 26.8. The lowest BCUT2D eigenvalue weighted by molar-refractivity contribution is -0.148. The highest BCUT2D eigenvalue weighted by Crippen LogP contribution is 2.38. The highest BCUT2D eigenvalue weighted by Gasteiger charge is 2.45. The van der Waals surface area contributed by atoms with E-state index in [1.807, 2.05) is 44.2 Å². The first-order valence-corrected chi connectivity index (χ1v) is 12.9. The Morgan fingerprint density at radius 3 is 2.59 bits per heavy atom. The minimum Gasteiger partial charge on any atom is -0.479 e. The van der Waals surface area contributed by atoms with Crippen molar-refractivity contribution in [2.24, 2.45) is 5.92 Å². The molecule has 0 saturated carbocycles. The molecule has 1 aromatic heterocycles. The minimum atomic E-state index is -1.56. The lowest BCUT2D eigenvalue weighted by Crippen LogP contribution is -2.62. The third kappa shape index (κ3) is 5.70. The van der Waals surface area contributed by atoms with Crippen LogP contribution in [0.4, 0.5) is 4.79 Å². The van der Waals surface area contributed by atoms with Gasteiger partial charge in [-0.25, -0.2) is 9.59 Å². The predicted molar refractivity (Wildman–Crippen MR) is 142 cm³/mol. The van der Waals surface area contributed by atoms with Crippen LogP contribution in [0, 0.1) is 5.92 Å². The molecule has 0 fully saturated rings. The molecule has 4 rings (SSSR count). The van der Waals surface area contributed by atoms with Crippen molar-refractivity contribution in [2.45, 2.75) is 57.7 Å². The number of alkyl carbamates (subject to hydrolysis) is 1. The number of carbonyl (C=O) groups excluding carboxylic acids is 2. The van der Waals surface area contributed by atoms with Gasteiger partial charge in [-0.15, -0.1) is 0 Å². The molecule has 0 spiro atoms. The molecule has 37 heavy (non-hydrogen) atoms. The van der Waals surface area contributed by atoms with Gasteiger partial charge in [-0.2, -0.15) is 0 Å². The number of aliphatic carboxylic acids is 1. The summed E-state index contributed by atoms with van der Waals surface area (Å²) in [4.78, 5) is 41.8. The van der Waals surface area contributed by atoms with E-state index in [0.29, 0.717) is 28.4 Å². The van der Waals surface area contributed by atoms with Crippen LogP contribution in [-0.2, 0) is 33.8 Å². The Kier molecular flexibility index (Phi) is 7.99. The number of aromatic amines is 1. The van der Waals surface area contributed by atoms with Crippen LogP contribution >= 0.6 is 23.2 Å². The van der Waals surface area contributed by atoms with Crippen LogP contribution in [0.2, 0.25) is 10.0 Å². The maximum absolute atomic E-state index is 13.5. The lowest BCUT2D eigenvalue weighted by atomic mass is 9.79. The molecule has 4 N–H and O–H groups in total. The smallest absolute Gasteiger partial charge is 0.408 e. The standard InChI is InChI=1S/C27H29Cl2N3O5/c1-3-15(2)22(31-26(36)37-14-16-7-5-4-6-8-16)24(33)32-27(25(34)35)10-9-21-19(13-27)18-11-17(28)12-20(29)23(18)30-21/h4-8,11-12,15,22,30H,3,9-10,13-14H2,1-2H3,(H,31,36)(H,32,33)(H,34,35)/t15-,22-,27+/m0/s1. The molecule has 1 heterocycles. The number of hydrogen-bond donors (Lipinski definition) is 4. The fraction of sp³-hybridized carbons (Fsp3) is 0.370. The van der Waals surface area contributed by atoms with E-state index in [0.717, 1.165) is 22.2 Å². The third-order valence-electron chi connectivity index (χ3n) is 7.05. The van der Waals surface area contributed by atoms with Crippen molar-refractivity contribution in [3.63, 3.8) is 0 Å². The van der Waals surface area contributed by atoms with E-state index >= 15 is 0 Å². The lowest BCUT2D eigenvalue weighted by Gasteiger charge is -2.36. The molecule has 3 aromatic rings. The van der Waals surface area contributed by atoms with Gasteiger partial charge in [0, 0.05) is 22.5 Å². The van der Waals surface area contributed by atoms with Crippen LogP contribution < -0.4 is 10.6 Å². The summed E-state index contributed by atoms with van der Waals surface area (Å²) in [6.07, 6.45) is 0.447. The van der Waals surface area contributed by atoms with Crippen molar-refractivity contribution in [3.05, 3.63) is 69.3 Å². The monoisotopic (exact) mass is 545 g/mol. The van der Waals surface area contributed by atoms with E-state index in [1.165, 1.54) is 0 Å². The van der Waals surface area contributed by atoms with Gasteiger partial charge in [0.15, 0.2) is 0 Å². The Balaban J connectivity index is 1.54. The summed E-state index contributed by atoms with van der Waals surface area (Å²) in [6, 6.07) is 11.6. The Labute approximate surface area is 224 Å². The summed E-state index contributed by atoms with van der Waals surface area (Å²) in [6.45, 7) is 3.76. The van der Waals surface area contributed by atoms with Crippen molar-refractivity contribution in [1.29, 1.82) is 0 Å². The number of carboxylic acid groups (broad SMARTS) is 1. The van der Waals surface area contributed by atoms with Crippen LogP contribution in [0.1, 0.15) is 43.5 Å². The number of rotatable bonds is 8. The average molecular weight is 546 g/mol. The molecule has 2 aromatic carbocycles. The van der Waals surface area contributed by atoms with Gasteiger partial charge >= 0.3 is 12.1 Å². The molecular formula is C27H29Cl2N3O5. The summed E-state index contributed by atoms with van der Waals surface area (Å²) in [5, 5.41) is 17.3. The summed E-state index contributed by atoms with van der Waals surface area (Å²) in [7, 11) is 0. The molecule has 1 aliphatic carbocycles. The highest BCUT2D eigenvalue weighted by molar-refractivity contribution is 6.38. The van der Waals surface area contributed by atoms with Crippen LogP contribution in [0.25, 0.3) is 10.9 Å². The molecule has 0 saturated heterocycles. The van der Waals surface area contributed by atoms with Crippen LogP contribution in [0.3, 0.4) is 0 Å². The van der Waals surface area contributed by atoms with Crippen molar-refractivity contribution in [1.82, 2.24) is 15.6 Å². The van der Waals surface area contributed by atoms with E-state index in [9.17, 15) is 19.5 Å². The normalized spacial score (nSPS) is 18.5. The zero-order valence-corrected chi connectivity index (χ0v) is 22.1. The van der Waals surface area contributed by atoms with Crippen molar-refractivity contribution in [3.8, 4) is 0 Å². The van der Waals surface area contributed by atoms with Gasteiger partial charge in [0.05, 0.1) is 10.5 Å². The molecule has 10 heteroatoms. The topological polar surface area (TPSA) is 121 Å². The number of H-pyrrole nitrogens is 1. The number of hydrogen-bond acceptors (Lipinski definition) is 4. The minimum absolute atomic E-state index is 0.0474. The zero-order chi connectivity index (χ0) is 26.7. The molecular weight excluding hydrogens is 517 g/mol. The summed E-state index contributed by atoms with van der Waals surface area (Å²) in [5.41, 5.74) is 1.55. The molecule has 0 unspecified atom stereocenters. The van der Waals surface area contributed by atoms with Crippen molar-refractivity contribution in [2.75, 3.05) is 0 Å². The van der Waals surface area contributed by atoms with Crippen LogP contribution in [0.5, 0.6) is 0 Å². The maximum atomic E-state index is 13.5. The van der Waals surface area contributed by atoms with Crippen molar-refractivity contribution < 1.29 is 24.2 Å². The molecule has 0 bridgehead atoms. The highest BCUT2D eigenvalue weighted by atomic mass is 35.5. The van der Waals surface area contributed by atoms with Gasteiger partial charge < -0.3 is 25.5 Å². The van der Waals surface area contributed by atoms with E-state index < -0.39 is 29.6 Å². The second-order valence-corrected chi connectivity index (χ2v) is 10.4.